The molecule has 5 nitrogen and oxygen atoms in total. The lowest BCUT2D eigenvalue weighted by Crippen LogP contribution is -2.51. The van der Waals surface area contributed by atoms with Crippen LogP contribution >= 0.6 is 0 Å². The molecule has 0 bridgehead atoms. The van der Waals surface area contributed by atoms with Gasteiger partial charge in [-0.05, 0) is 43.9 Å². The minimum Gasteiger partial charge on any atom is -0.484 e. The third kappa shape index (κ3) is 6.63. The highest BCUT2D eigenvalue weighted by atomic mass is 16.5. The highest BCUT2D eigenvalue weighted by Crippen LogP contribution is 2.18. The molecular formula is C24H32N2O3. The van der Waals surface area contributed by atoms with Crippen molar-refractivity contribution in [1.82, 2.24) is 10.2 Å². The molecule has 0 aromatic heterocycles. The molecule has 2 amide bonds. The lowest BCUT2D eigenvalue weighted by atomic mass is 10.1. The van der Waals surface area contributed by atoms with Crippen molar-refractivity contribution < 1.29 is 14.3 Å². The van der Waals surface area contributed by atoms with Crippen LogP contribution in [0.15, 0.2) is 54.6 Å². The molecule has 0 saturated heterocycles. The largest absolute Gasteiger partial charge is 0.484 e. The topological polar surface area (TPSA) is 58.6 Å². The Morgan fingerprint density at radius 1 is 1.00 bits per heavy atom. The van der Waals surface area contributed by atoms with E-state index in [1.165, 1.54) is 0 Å². The van der Waals surface area contributed by atoms with Gasteiger partial charge in [0.05, 0.1) is 0 Å². The van der Waals surface area contributed by atoms with E-state index < -0.39 is 6.04 Å². The zero-order valence-electron chi connectivity index (χ0n) is 17.9. The van der Waals surface area contributed by atoms with Crippen LogP contribution in [0.25, 0.3) is 0 Å². The van der Waals surface area contributed by atoms with E-state index in [-0.39, 0.29) is 24.5 Å². The normalized spacial score (nSPS) is 12.7. The summed E-state index contributed by atoms with van der Waals surface area (Å²) >= 11 is 0. The van der Waals surface area contributed by atoms with Crippen molar-refractivity contribution in [3.05, 3.63) is 65.7 Å². The highest BCUT2D eigenvalue weighted by Gasteiger charge is 2.29. The zero-order chi connectivity index (χ0) is 21.2. The van der Waals surface area contributed by atoms with Crippen LogP contribution in [0.5, 0.6) is 5.75 Å². The molecule has 0 saturated carbocycles. The summed E-state index contributed by atoms with van der Waals surface area (Å²) in [6.07, 6.45) is 1.37. The minimum absolute atomic E-state index is 0.0634. The third-order valence-corrected chi connectivity index (χ3v) is 5.03. The number of ether oxygens (including phenoxy) is 1. The van der Waals surface area contributed by atoms with Crippen molar-refractivity contribution in [3.8, 4) is 5.75 Å². The Morgan fingerprint density at radius 2 is 1.66 bits per heavy atom. The van der Waals surface area contributed by atoms with Gasteiger partial charge in [0.25, 0.3) is 5.91 Å². The molecule has 2 aromatic carbocycles. The standard InChI is InChI=1S/C24H32N2O3/c1-5-19(4)25-24(28)21(6-2)26(16-20-13-8-7-9-14-20)23(27)17-29-22-15-11-10-12-18(22)3/h7-15,19,21H,5-6,16-17H2,1-4H3,(H,25,28)/t19-,21+/m0/s1. The number of carbonyl (C=O) groups is 2. The average molecular weight is 397 g/mol. The number of carbonyl (C=O) groups excluding carboxylic acids is 2. The first-order chi connectivity index (χ1) is 14.0. The van der Waals surface area contributed by atoms with Gasteiger partial charge in [0, 0.05) is 12.6 Å². The van der Waals surface area contributed by atoms with Crippen LogP contribution in [0.1, 0.15) is 44.7 Å². The lowest BCUT2D eigenvalue weighted by molar-refractivity contribution is -0.143. The monoisotopic (exact) mass is 396 g/mol. The molecule has 2 atom stereocenters. The Kier molecular flexibility index (Phi) is 8.71. The van der Waals surface area contributed by atoms with E-state index in [0.29, 0.717) is 18.7 Å². The first-order valence-electron chi connectivity index (χ1n) is 10.3. The van der Waals surface area contributed by atoms with Crippen LogP contribution < -0.4 is 10.1 Å². The Balaban J connectivity index is 2.19. The lowest BCUT2D eigenvalue weighted by Gasteiger charge is -2.31. The molecule has 0 aliphatic heterocycles. The molecule has 2 aromatic rings. The van der Waals surface area contributed by atoms with Gasteiger partial charge in [-0.1, -0.05) is 62.4 Å². The molecule has 5 heteroatoms. The van der Waals surface area contributed by atoms with Crippen molar-refractivity contribution >= 4 is 11.8 Å². The molecule has 0 aliphatic rings. The molecular weight excluding hydrogens is 364 g/mol. The van der Waals surface area contributed by atoms with Crippen molar-refractivity contribution in [3.63, 3.8) is 0 Å². The highest BCUT2D eigenvalue weighted by molar-refractivity contribution is 5.88. The molecule has 0 heterocycles. The number of para-hydroxylation sites is 1. The van der Waals surface area contributed by atoms with E-state index in [0.717, 1.165) is 17.5 Å². The maximum atomic E-state index is 13.1. The second-order valence-corrected chi connectivity index (χ2v) is 7.30. The molecule has 1 N–H and O–H groups in total. The van der Waals surface area contributed by atoms with Gasteiger partial charge < -0.3 is 15.0 Å². The number of benzene rings is 2. The Morgan fingerprint density at radius 3 is 2.28 bits per heavy atom. The fourth-order valence-electron chi connectivity index (χ4n) is 3.08. The summed E-state index contributed by atoms with van der Waals surface area (Å²) in [7, 11) is 0. The number of aryl methyl sites for hydroxylation is 1. The van der Waals surface area contributed by atoms with Crippen molar-refractivity contribution in [2.45, 2.75) is 59.2 Å². The molecule has 0 unspecified atom stereocenters. The quantitative estimate of drug-likeness (QED) is 0.658. The van der Waals surface area contributed by atoms with E-state index in [1.807, 2.05) is 82.3 Å². The number of amides is 2. The van der Waals surface area contributed by atoms with E-state index >= 15 is 0 Å². The summed E-state index contributed by atoms with van der Waals surface area (Å²) in [6.45, 7) is 8.11. The fourth-order valence-corrected chi connectivity index (χ4v) is 3.08. The van der Waals surface area contributed by atoms with Crippen LogP contribution in [0.3, 0.4) is 0 Å². The van der Waals surface area contributed by atoms with E-state index in [4.69, 9.17) is 4.74 Å². The Bertz CT molecular complexity index is 792. The van der Waals surface area contributed by atoms with Crippen molar-refractivity contribution in [2.75, 3.05) is 6.61 Å². The third-order valence-electron chi connectivity index (χ3n) is 5.03. The second kappa shape index (κ2) is 11.2. The van der Waals surface area contributed by atoms with Crippen molar-refractivity contribution in [1.29, 1.82) is 0 Å². The second-order valence-electron chi connectivity index (χ2n) is 7.30. The van der Waals surface area contributed by atoms with Crippen LogP contribution in [-0.4, -0.2) is 35.4 Å². The maximum Gasteiger partial charge on any atom is 0.261 e. The Hall–Kier alpha value is -2.82. The van der Waals surface area contributed by atoms with Crippen LogP contribution in [-0.2, 0) is 16.1 Å². The van der Waals surface area contributed by atoms with Gasteiger partial charge in [0.2, 0.25) is 5.91 Å². The van der Waals surface area contributed by atoms with Gasteiger partial charge in [0.15, 0.2) is 6.61 Å². The average Bonchev–Trinajstić information content (AvgIpc) is 2.73. The number of nitrogens with one attached hydrogen (secondary N) is 1. The molecule has 29 heavy (non-hydrogen) atoms. The number of hydrogen-bond acceptors (Lipinski definition) is 3. The van der Waals surface area contributed by atoms with Gasteiger partial charge in [0.1, 0.15) is 11.8 Å². The van der Waals surface area contributed by atoms with Gasteiger partial charge in [-0.3, -0.25) is 9.59 Å². The first-order valence-corrected chi connectivity index (χ1v) is 10.3. The van der Waals surface area contributed by atoms with Gasteiger partial charge in [-0.2, -0.15) is 0 Å². The van der Waals surface area contributed by atoms with Crippen LogP contribution in [0, 0.1) is 6.92 Å². The number of nitrogens with zero attached hydrogens (tertiary/aromatic N) is 1. The summed E-state index contributed by atoms with van der Waals surface area (Å²) < 4.78 is 5.77. The van der Waals surface area contributed by atoms with Crippen molar-refractivity contribution in [2.24, 2.45) is 0 Å². The van der Waals surface area contributed by atoms with Gasteiger partial charge in [-0.15, -0.1) is 0 Å². The molecule has 0 radical (unpaired) electrons. The summed E-state index contributed by atoms with van der Waals surface area (Å²) in [4.78, 5) is 27.6. The molecule has 0 spiro atoms. The molecule has 0 aliphatic carbocycles. The number of hydrogen-bond donors (Lipinski definition) is 1. The zero-order valence-corrected chi connectivity index (χ0v) is 17.9. The van der Waals surface area contributed by atoms with E-state index in [1.54, 1.807) is 4.90 Å². The van der Waals surface area contributed by atoms with Gasteiger partial charge >= 0.3 is 0 Å². The Labute approximate surface area is 174 Å². The maximum absolute atomic E-state index is 13.1. The SMILES string of the molecule is CC[C@H](C(=O)N[C@@H](C)CC)N(Cc1ccccc1)C(=O)COc1ccccc1C. The smallest absolute Gasteiger partial charge is 0.261 e. The first kappa shape index (κ1) is 22.5. The summed E-state index contributed by atoms with van der Waals surface area (Å²) in [5.41, 5.74) is 1.95. The minimum atomic E-state index is -0.544. The molecule has 156 valence electrons. The predicted octanol–water partition coefficient (Wildman–Crippen LogP) is 4.10. The van der Waals surface area contributed by atoms with E-state index in [2.05, 4.69) is 5.32 Å². The van der Waals surface area contributed by atoms with Crippen LogP contribution in [0.2, 0.25) is 0 Å². The molecule has 0 fully saturated rings. The van der Waals surface area contributed by atoms with Crippen LogP contribution in [0.4, 0.5) is 0 Å². The summed E-state index contributed by atoms with van der Waals surface area (Å²) in [5.74, 6) is 0.350. The predicted molar refractivity (Wildman–Crippen MR) is 116 cm³/mol. The fraction of sp³-hybridized carbons (Fsp3) is 0.417. The summed E-state index contributed by atoms with van der Waals surface area (Å²) in [6, 6.07) is 16.8. The van der Waals surface area contributed by atoms with Gasteiger partial charge in [-0.25, -0.2) is 0 Å². The molecule has 2 rings (SSSR count). The summed E-state index contributed by atoms with van der Waals surface area (Å²) in [5, 5.41) is 3.01. The number of rotatable bonds is 10. The van der Waals surface area contributed by atoms with E-state index in [9.17, 15) is 9.59 Å².